The predicted octanol–water partition coefficient (Wildman–Crippen LogP) is 5.14. The number of amides is 1. The Morgan fingerprint density at radius 1 is 1.00 bits per heavy atom. The zero-order valence-corrected chi connectivity index (χ0v) is 21.1. The van der Waals surface area contributed by atoms with Gasteiger partial charge >= 0.3 is 0 Å². The molecule has 180 valence electrons. The number of methoxy groups -OCH3 is 2. The van der Waals surface area contributed by atoms with E-state index >= 15 is 0 Å². The van der Waals surface area contributed by atoms with Gasteiger partial charge in [0.1, 0.15) is 11.5 Å². The van der Waals surface area contributed by atoms with E-state index in [1.165, 1.54) is 18.9 Å². The van der Waals surface area contributed by atoms with Crippen LogP contribution in [0, 0.1) is 13.8 Å². The van der Waals surface area contributed by atoms with Crippen molar-refractivity contribution in [3.63, 3.8) is 0 Å². The first-order chi connectivity index (χ1) is 16.8. The Kier molecular flexibility index (Phi) is 7.12. The Hall–Kier alpha value is -3.78. The lowest BCUT2D eigenvalue weighted by Gasteiger charge is -2.19. The van der Waals surface area contributed by atoms with Crippen LogP contribution < -0.4 is 20.3 Å². The summed E-state index contributed by atoms with van der Waals surface area (Å²) < 4.78 is 12.3. The lowest BCUT2D eigenvalue weighted by Crippen LogP contribution is -2.27. The van der Waals surface area contributed by atoms with Gasteiger partial charge in [-0.2, -0.15) is 0 Å². The lowest BCUT2D eigenvalue weighted by atomic mass is 10.1. The van der Waals surface area contributed by atoms with Gasteiger partial charge in [-0.05, 0) is 56.2 Å². The number of rotatable bonds is 7. The molecule has 4 aromatic rings. The SMILES string of the molecule is COc1ccc(OC)c(NC(=O)C(C)Sc2nc3ccccc3c(=O)n2-c2c(C)cccc2C)c1. The molecule has 0 bridgehead atoms. The highest BCUT2D eigenvalue weighted by atomic mass is 32.2. The van der Waals surface area contributed by atoms with E-state index in [0.29, 0.717) is 33.2 Å². The molecule has 0 aliphatic heterocycles. The van der Waals surface area contributed by atoms with Crippen LogP contribution >= 0.6 is 11.8 Å². The standard InChI is InChI=1S/C27H27N3O4S/c1-16-9-8-10-17(2)24(16)30-26(32)20-11-6-7-12-21(20)29-27(30)35-18(3)25(31)28-22-15-19(33-4)13-14-23(22)34-5/h6-15,18H,1-5H3,(H,28,31). The minimum Gasteiger partial charge on any atom is -0.497 e. The van der Waals surface area contributed by atoms with Gasteiger partial charge in [-0.1, -0.05) is 42.1 Å². The van der Waals surface area contributed by atoms with Crippen molar-refractivity contribution in [2.45, 2.75) is 31.2 Å². The highest BCUT2D eigenvalue weighted by Crippen LogP contribution is 2.31. The molecule has 1 unspecified atom stereocenters. The summed E-state index contributed by atoms with van der Waals surface area (Å²) in [4.78, 5) is 31.6. The van der Waals surface area contributed by atoms with Crippen molar-refractivity contribution >= 4 is 34.3 Å². The van der Waals surface area contributed by atoms with Crippen LogP contribution in [0.4, 0.5) is 5.69 Å². The number of para-hydroxylation sites is 2. The summed E-state index contributed by atoms with van der Waals surface area (Å²) in [5.41, 5.74) is 3.60. The molecule has 1 heterocycles. The van der Waals surface area contributed by atoms with Crippen LogP contribution in [0.3, 0.4) is 0 Å². The number of carbonyl (C=O) groups is 1. The molecule has 1 aromatic heterocycles. The number of aryl methyl sites for hydroxylation is 2. The second-order valence-corrected chi connectivity index (χ2v) is 9.42. The van der Waals surface area contributed by atoms with Crippen LogP contribution in [0.15, 0.2) is 70.6 Å². The molecule has 35 heavy (non-hydrogen) atoms. The van der Waals surface area contributed by atoms with Crippen molar-refractivity contribution in [2.75, 3.05) is 19.5 Å². The summed E-state index contributed by atoms with van der Waals surface area (Å²) in [5.74, 6) is 0.867. The second-order valence-electron chi connectivity index (χ2n) is 8.11. The number of aromatic nitrogens is 2. The fraction of sp³-hybridized carbons (Fsp3) is 0.222. The fourth-order valence-corrected chi connectivity index (χ4v) is 4.82. The first kappa shape index (κ1) is 24.3. The van der Waals surface area contributed by atoms with E-state index < -0.39 is 5.25 Å². The molecule has 7 nitrogen and oxygen atoms in total. The quantitative estimate of drug-likeness (QED) is 0.286. The molecule has 0 spiro atoms. The Morgan fingerprint density at radius 2 is 1.71 bits per heavy atom. The number of ether oxygens (including phenoxy) is 2. The number of hydrogen-bond donors (Lipinski definition) is 1. The van der Waals surface area contributed by atoms with Gasteiger partial charge in [-0.15, -0.1) is 0 Å². The van der Waals surface area contributed by atoms with Gasteiger partial charge in [-0.25, -0.2) is 4.98 Å². The van der Waals surface area contributed by atoms with E-state index in [1.54, 1.807) is 42.9 Å². The van der Waals surface area contributed by atoms with Crippen molar-refractivity contribution in [3.8, 4) is 17.2 Å². The summed E-state index contributed by atoms with van der Waals surface area (Å²) in [7, 11) is 3.10. The number of carbonyl (C=O) groups excluding carboxylic acids is 1. The molecule has 1 N–H and O–H groups in total. The summed E-state index contributed by atoms with van der Waals surface area (Å²) in [5, 5.41) is 3.33. The van der Waals surface area contributed by atoms with Crippen molar-refractivity contribution < 1.29 is 14.3 Å². The molecule has 1 amide bonds. The number of nitrogens with zero attached hydrogens (tertiary/aromatic N) is 2. The van der Waals surface area contributed by atoms with E-state index in [1.807, 2.05) is 50.2 Å². The van der Waals surface area contributed by atoms with E-state index in [0.717, 1.165) is 16.8 Å². The van der Waals surface area contributed by atoms with Crippen LogP contribution in [0.25, 0.3) is 16.6 Å². The topological polar surface area (TPSA) is 82.5 Å². The highest BCUT2D eigenvalue weighted by Gasteiger charge is 2.22. The van der Waals surface area contributed by atoms with E-state index in [2.05, 4.69) is 5.32 Å². The van der Waals surface area contributed by atoms with E-state index in [4.69, 9.17) is 14.5 Å². The normalized spacial score (nSPS) is 11.8. The maximum atomic E-state index is 13.6. The number of hydrogen-bond acceptors (Lipinski definition) is 6. The lowest BCUT2D eigenvalue weighted by molar-refractivity contribution is -0.115. The summed E-state index contributed by atoms with van der Waals surface area (Å²) in [6.07, 6.45) is 0. The summed E-state index contributed by atoms with van der Waals surface area (Å²) in [6, 6.07) is 18.3. The molecule has 0 saturated carbocycles. The van der Waals surface area contributed by atoms with E-state index in [9.17, 15) is 9.59 Å². The van der Waals surface area contributed by atoms with Gasteiger partial charge in [0.15, 0.2) is 5.16 Å². The van der Waals surface area contributed by atoms with E-state index in [-0.39, 0.29) is 11.5 Å². The van der Waals surface area contributed by atoms with Crippen molar-refractivity contribution in [1.29, 1.82) is 0 Å². The minimum absolute atomic E-state index is 0.169. The number of nitrogens with one attached hydrogen (secondary N) is 1. The van der Waals surface area contributed by atoms with Gasteiger partial charge < -0.3 is 14.8 Å². The van der Waals surface area contributed by atoms with Gasteiger partial charge in [0.25, 0.3) is 5.56 Å². The largest absolute Gasteiger partial charge is 0.497 e. The Balaban J connectivity index is 1.75. The van der Waals surface area contributed by atoms with Crippen LogP contribution in [0.1, 0.15) is 18.1 Å². The molecular weight excluding hydrogens is 462 g/mol. The third-order valence-corrected chi connectivity index (χ3v) is 6.78. The molecular formula is C27H27N3O4S. The number of thioether (sulfide) groups is 1. The van der Waals surface area contributed by atoms with Crippen LogP contribution in [0.5, 0.6) is 11.5 Å². The maximum absolute atomic E-state index is 13.6. The van der Waals surface area contributed by atoms with Gasteiger partial charge in [0.05, 0.1) is 41.7 Å². The van der Waals surface area contributed by atoms with Crippen molar-refractivity contribution in [3.05, 3.63) is 82.1 Å². The smallest absolute Gasteiger partial charge is 0.266 e. The molecule has 0 radical (unpaired) electrons. The van der Waals surface area contributed by atoms with Crippen molar-refractivity contribution in [2.24, 2.45) is 0 Å². The third kappa shape index (κ3) is 4.88. The number of benzene rings is 3. The van der Waals surface area contributed by atoms with Gasteiger partial charge in [0, 0.05) is 6.07 Å². The summed E-state index contributed by atoms with van der Waals surface area (Å²) in [6.45, 7) is 5.70. The van der Waals surface area contributed by atoms with Crippen LogP contribution in [-0.2, 0) is 4.79 Å². The average Bonchev–Trinajstić information content (AvgIpc) is 2.85. The monoisotopic (exact) mass is 489 g/mol. The first-order valence-electron chi connectivity index (χ1n) is 11.1. The molecule has 0 aliphatic rings. The zero-order chi connectivity index (χ0) is 25.1. The predicted molar refractivity (Wildman–Crippen MR) is 140 cm³/mol. The highest BCUT2D eigenvalue weighted by molar-refractivity contribution is 8.00. The fourth-order valence-electron chi connectivity index (χ4n) is 3.90. The molecule has 0 aliphatic carbocycles. The average molecular weight is 490 g/mol. The minimum atomic E-state index is -0.561. The molecule has 0 saturated heterocycles. The zero-order valence-electron chi connectivity index (χ0n) is 20.3. The van der Waals surface area contributed by atoms with Crippen molar-refractivity contribution in [1.82, 2.24) is 9.55 Å². The van der Waals surface area contributed by atoms with Crippen LogP contribution in [-0.4, -0.2) is 34.9 Å². The number of fused-ring (bicyclic) bond motifs is 1. The summed E-state index contributed by atoms with van der Waals surface area (Å²) >= 11 is 1.23. The third-order valence-electron chi connectivity index (χ3n) is 5.72. The molecule has 1 atom stereocenters. The molecule has 0 fully saturated rings. The second kappa shape index (κ2) is 10.2. The number of anilines is 1. The maximum Gasteiger partial charge on any atom is 0.266 e. The molecule has 4 rings (SSSR count). The van der Waals surface area contributed by atoms with Gasteiger partial charge in [0.2, 0.25) is 5.91 Å². The van der Waals surface area contributed by atoms with Crippen LogP contribution in [0.2, 0.25) is 0 Å². The van der Waals surface area contributed by atoms with Gasteiger partial charge in [-0.3, -0.25) is 14.2 Å². The first-order valence-corrected chi connectivity index (χ1v) is 12.0. The Labute approximate surface area is 208 Å². The molecule has 8 heteroatoms. The molecule has 3 aromatic carbocycles. The Morgan fingerprint density at radius 3 is 2.40 bits per heavy atom. The Bertz CT molecular complexity index is 1440.